The van der Waals surface area contributed by atoms with Gasteiger partial charge < -0.3 is 10.2 Å². The summed E-state index contributed by atoms with van der Waals surface area (Å²) in [6.45, 7) is 2.83. The molecule has 0 saturated carbocycles. The highest BCUT2D eigenvalue weighted by molar-refractivity contribution is 7.15. The van der Waals surface area contributed by atoms with Gasteiger partial charge in [0, 0.05) is 24.2 Å². The monoisotopic (exact) mass is 265 g/mol. The molecule has 0 aliphatic heterocycles. The van der Waals surface area contributed by atoms with Crippen LogP contribution in [-0.2, 0) is 6.54 Å². The van der Waals surface area contributed by atoms with Gasteiger partial charge in [-0.15, -0.1) is 0 Å². The van der Waals surface area contributed by atoms with E-state index >= 15 is 0 Å². The topological polar surface area (TPSA) is 28.2 Å². The van der Waals surface area contributed by atoms with E-state index in [1.54, 1.807) is 23.5 Å². The number of rotatable bonds is 4. The van der Waals surface area contributed by atoms with E-state index < -0.39 is 0 Å². The lowest BCUT2D eigenvalue weighted by Gasteiger charge is -2.15. The summed E-state index contributed by atoms with van der Waals surface area (Å²) in [6, 6.07) is 6.43. The first kappa shape index (κ1) is 13.0. The van der Waals surface area contributed by atoms with Gasteiger partial charge in [-0.1, -0.05) is 11.3 Å². The molecule has 0 bridgehead atoms. The standard InChI is InChI=1S/C13H16FN3S/c1-9-12(8-15-2)18-13(16-9)17(3)11-6-4-10(14)5-7-11/h4-7,15H,8H2,1-3H3. The van der Waals surface area contributed by atoms with Crippen LogP contribution in [0, 0.1) is 12.7 Å². The Morgan fingerprint density at radius 1 is 1.33 bits per heavy atom. The third-order valence-corrected chi connectivity index (χ3v) is 3.95. The van der Waals surface area contributed by atoms with Crippen LogP contribution in [0.2, 0.25) is 0 Å². The molecule has 0 unspecified atom stereocenters. The van der Waals surface area contributed by atoms with Crippen LogP contribution in [0.15, 0.2) is 24.3 Å². The van der Waals surface area contributed by atoms with E-state index in [1.165, 1.54) is 17.0 Å². The van der Waals surface area contributed by atoms with Crippen molar-refractivity contribution >= 4 is 22.2 Å². The number of hydrogen-bond donors (Lipinski definition) is 1. The van der Waals surface area contributed by atoms with Crippen molar-refractivity contribution in [2.75, 3.05) is 19.0 Å². The molecular formula is C13H16FN3S. The van der Waals surface area contributed by atoms with E-state index in [0.717, 1.165) is 23.1 Å². The summed E-state index contributed by atoms with van der Waals surface area (Å²) >= 11 is 1.65. The SMILES string of the molecule is CNCc1sc(N(C)c2ccc(F)cc2)nc1C. The van der Waals surface area contributed by atoms with E-state index in [-0.39, 0.29) is 5.82 Å². The maximum atomic E-state index is 12.9. The third kappa shape index (κ3) is 2.68. The molecule has 0 spiro atoms. The van der Waals surface area contributed by atoms with Gasteiger partial charge in [0.25, 0.3) is 0 Å². The minimum absolute atomic E-state index is 0.224. The quantitative estimate of drug-likeness (QED) is 0.921. The Balaban J connectivity index is 2.25. The zero-order valence-corrected chi connectivity index (χ0v) is 11.5. The van der Waals surface area contributed by atoms with Crippen molar-refractivity contribution in [3.63, 3.8) is 0 Å². The van der Waals surface area contributed by atoms with Gasteiger partial charge in [0.15, 0.2) is 5.13 Å². The van der Waals surface area contributed by atoms with Gasteiger partial charge in [0.05, 0.1) is 5.69 Å². The number of anilines is 2. The maximum absolute atomic E-state index is 12.9. The molecule has 2 rings (SSSR count). The molecule has 0 amide bonds. The van der Waals surface area contributed by atoms with Crippen molar-refractivity contribution in [1.29, 1.82) is 0 Å². The fraction of sp³-hybridized carbons (Fsp3) is 0.308. The van der Waals surface area contributed by atoms with Crippen molar-refractivity contribution < 1.29 is 4.39 Å². The molecule has 0 aliphatic carbocycles. The summed E-state index contributed by atoms with van der Waals surface area (Å²) < 4.78 is 12.9. The molecule has 0 saturated heterocycles. The molecule has 5 heteroatoms. The second-order valence-corrected chi connectivity index (χ2v) is 5.13. The van der Waals surface area contributed by atoms with Crippen LogP contribution < -0.4 is 10.2 Å². The minimum atomic E-state index is -0.224. The summed E-state index contributed by atoms with van der Waals surface area (Å²) in [5.74, 6) is -0.224. The average Bonchev–Trinajstić information content (AvgIpc) is 2.72. The van der Waals surface area contributed by atoms with E-state index in [4.69, 9.17) is 0 Å². The molecule has 0 radical (unpaired) electrons. The van der Waals surface area contributed by atoms with Crippen LogP contribution in [-0.4, -0.2) is 19.1 Å². The minimum Gasteiger partial charge on any atom is -0.321 e. The molecule has 1 heterocycles. The molecule has 3 nitrogen and oxygen atoms in total. The Hall–Kier alpha value is -1.46. The fourth-order valence-electron chi connectivity index (χ4n) is 1.66. The Labute approximate surface area is 110 Å². The van der Waals surface area contributed by atoms with Gasteiger partial charge in [-0.3, -0.25) is 0 Å². The molecule has 0 fully saturated rings. The fourth-order valence-corrected chi connectivity index (χ4v) is 2.71. The zero-order chi connectivity index (χ0) is 13.1. The van der Waals surface area contributed by atoms with E-state index in [2.05, 4.69) is 10.3 Å². The Morgan fingerprint density at radius 2 is 2.00 bits per heavy atom. The van der Waals surface area contributed by atoms with E-state index in [1.807, 2.05) is 25.9 Å². The normalized spacial score (nSPS) is 10.7. The number of aromatic nitrogens is 1. The lowest BCUT2D eigenvalue weighted by molar-refractivity contribution is 0.628. The van der Waals surface area contributed by atoms with Gasteiger partial charge in [0.1, 0.15) is 5.82 Å². The summed E-state index contributed by atoms with van der Waals surface area (Å²) in [5.41, 5.74) is 1.97. The Bertz CT molecular complexity index is 522. The van der Waals surface area contributed by atoms with Crippen molar-refractivity contribution in [2.45, 2.75) is 13.5 Å². The molecule has 0 atom stereocenters. The number of aryl methyl sites for hydroxylation is 1. The second-order valence-electron chi connectivity index (χ2n) is 4.07. The highest BCUT2D eigenvalue weighted by Crippen LogP contribution is 2.30. The van der Waals surface area contributed by atoms with Crippen molar-refractivity contribution in [2.24, 2.45) is 0 Å². The largest absolute Gasteiger partial charge is 0.321 e. The predicted molar refractivity (Wildman–Crippen MR) is 74.1 cm³/mol. The summed E-state index contributed by atoms with van der Waals surface area (Å²) in [6.07, 6.45) is 0. The second kappa shape index (κ2) is 5.46. The number of hydrogen-bond acceptors (Lipinski definition) is 4. The van der Waals surface area contributed by atoms with Crippen LogP contribution in [0.25, 0.3) is 0 Å². The number of nitrogens with one attached hydrogen (secondary N) is 1. The maximum Gasteiger partial charge on any atom is 0.190 e. The molecule has 1 aromatic carbocycles. The van der Waals surface area contributed by atoms with E-state index in [9.17, 15) is 4.39 Å². The predicted octanol–water partition coefficient (Wildman–Crippen LogP) is 3.08. The van der Waals surface area contributed by atoms with Gasteiger partial charge in [0.2, 0.25) is 0 Å². The highest BCUT2D eigenvalue weighted by atomic mass is 32.1. The van der Waals surface area contributed by atoms with Crippen LogP contribution >= 0.6 is 11.3 Å². The number of halogens is 1. The molecule has 1 aromatic heterocycles. The first-order chi connectivity index (χ1) is 8.61. The first-order valence-electron chi connectivity index (χ1n) is 5.72. The summed E-state index contributed by atoms with van der Waals surface area (Å²) in [4.78, 5) is 7.73. The van der Waals surface area contributed by atoms with Gasteiger partial charge in [-0.25, -0.2) is 9.37 Å². The van der Waals surface area contributed by atoms with Crippen molar-refractivity contribution in [1.82, 2.24) is 10.3 Å². The molecule has 18 heavy (non-hydrogen) atoms. The number of benzene rings is 1. The van der Waals surface area contributed by atoms with Crippen LogP contribution in [0.1, 0.15) is 10.6 Å². The lowest BCUT2D eigenvalue weighted by Crippen LogP contribution is -2.08. The Kier molecular flexibility index (Phi) is 3.93. The number of thiazole rings is 1. The van der Waals surface area contributed by atoms with Crippen LogP contribution in [0.5, 0.6) is 0 Å². The highest BCUT2D eigenvalue weighted by Gasteiger charge is 2.12. The Morgan fingerprint density at radius 3 is 2.61 bits per heavy atom. The lowest BCUT2D eigenvalue weighted by atomic mass is 10.3. The first-order valence-corrected chi connectivity index (χ1v) is 6.53. The molecule has 1 N–H and O–H groups in total. The smallest absolute Gasteiger partial charge is 0.190 e. The van der Waals surface area contributed by atoms with Gasteiger partial charge in [-0.2, -0.15) is 0 Å². The van der Waals surface area contributed by atoms with Crippen LogP contribution in [0.3, 0.4) is 0 Å². The summed E-state index contributed by atoms with van der Waals surface area (Å²) in [5, 5.41) is 4.05. The number of nitrogens with zero attached hydrogens (tertiary/aromatic N) is 2. The third-order valence-electron chi connectivity index (χ3n) is 2.72. The molecule has 0 aliphatic rings. The van der Waals surface area contributed by atoms with Gasteiger partial charge >= 0.3 is 0 Å². The zero-order valence-electron chi connectivity index (χ0n) is 10.7. The van der Waals surface area contributed by atoms with Crippen molar-refractivity contribution in [3.8, 4) is 0 Å². The van der Waals surface area contributed by atoms with Crippen molar-refractivity contribution in [3.05, 3.63) is 40.7 Å². The van der Waals surface area contributed by atoms with Crippen LogP contribution in [0.4, 0.5) is 15.2 Å². The molecule has 96 valence electrons. The summed E-state index contributed by atoms with van der Waals surface area (Å²) in [7, 11) is 3.86. The average molecular weight is 265 g/mol. The molecule has 2 aromatic rings. The molecular weight excluding hydrogens is 249 g/mol. The van der Waals surface area contributed by atoms with Gasteiger partial charge in [-0.05, 0) is 38.2 Å². The van der Waals surface area contributed by atoms with E-state index in [0.29, 0.717) is 0 Å².